The molecule has 1 aliphatic rings. The lowest BCUT2D eigenvalue weighted by Crippen LogP contribution is -2.56. The molecule has 1 aromatic rings. The van der Waals surface area contributed by atoms with Crippen LogP contribution in [0.25, 0.3) is 0 Å². The number of aliphatic hydroxyl groups is 1. The lowest BCUT2D eigenvalue weighted by Gasteiger charge is -2.32. The summed E-state index contributed by atoms with van der Waals surface area (Å²) in [5, 5.41) is 13.7. The normalized spacial score (nSPS) is 22.9. The maximum atomic E-state index is 13.1. The lowest BCUT2D eigenvalue weighted by molar-refractivity contribution is -0.297. The van der Waals surface area contributed by atoms with Crippen molar-refractivity contribution in [1.82, 2.24) is 5.01 Å². The number of alkyl halides is 3. The first-order chi connectivity index (χ1) is 9.29. The fourth-order valence-electron chi connectivity index (χ4n) is 1.95. The summed E-state index contributed by atoms with van der Waals surface area (Å²) in [7, 11) is 0. The number of benzene rings is 1. The molecule has 2 rings (SSSR count). The Morgan fingerprint density at radius 1 is 1.40 bits per heavy atom. The first-order valence-corrected chi connectivity index (χ1v) is 6.04. The SMILES string of the molecule is CCC1=NN(C(=O)c2ccccc2)[C@](O)(C(F)(F)F)C1. The predicted molar refractivity (Wildman–Crippen MR) is 66.0 cm³/mol. The smallest absolute Gasteiger partial charge is 0.362 e. The molecule has 1 aromatic carbocycles. The van der Waals surface area contributed by atoms with E-state index in [0.717, 1.165) is 0 Å². The van der Waals surface area contributed by atoms with E-state index in [4.69, 9.17) is 0 Å². The van der Waals surface area contributed by atoms with Crippen LogP contribution < -0.4 is 0 Å². The number of carbonyl (C=O) groups excluding carboxylic acids is 1. The first-order valence-electron chi connectivity index (χ1n) is 6.04. The molecular formula is C13H13F3N2O2. The van der Waals surface area contributed by atoms with E-state index >= 15 is 0 Å². The number of hydrogen-bond donors (Lipinski definition) is 1. The van der Waals surface area contributed by atoms with E-state index < -0.39 is 24.2 Å². The second-order valence-electron chi connectivity index (χ2n) is 4.49. The molecule has 108 valence electrons. The Bertz CT molecular complexity index is 542. The average molecular weight is 286 g/mol. The summed E-state index contributed by atoms with van der Waals surface area (Å²) < 4.78 is 39.2. The minimum atomic E-state index is -4.97. The highest BCUT2D eigenvalue weighted by molar-refractivity contribution is 5.98. The van der Waals surface area contributed by atoms with Crippen molar-refractivity contribution in [2.75, 3.05) is 0 Å². The van der Waals surface area contributed by atoms with Gasteiger partial charge in [-0.15, -0.1) is 0 Å². The second kappa shape index (κ2) is 4.90. The summed E-state index contributed by atoms with van der Waals surface area (Å²) in [6.07, 6.45) is -5.46. The lowest BCUT2D eigenvalue weighted by atomic mass is 10.0. The Kier molecular flexibility index (Phi) is 3.56. The molecule has 0 bridgehead atoms. The number of nitrogens with zero attached hydrogens (tertiary/aromatic N) is 2. The molecule has 7 heteroatoms. The van der Waals surface area contributed by atoms with Crippen molar-refractivity contribution in [3.63, 3.8) is 0 Å². The van der Waals surface area contributed by atoms with Gasteiger partial charge in [-0.1, -0.05) is 25.1 Å². The fourth-order valence-corrected chi connectivity index (χ4v) is 1.95. The highest BCUT2D eigenvalue weighted by Crippen LogP contribution is 2.41. The molecule has 0 saturated carbocycles. The number of amides is 1. The Morgan fingerprint density at radius 2 is 2.00 bits per heavy atom. The van der Waals surface area contributed by atoms with Crippen LogP contribution in [0.2, 0.25) is 0 Å². The summed E-state index contributed by atoms with van der Waals surface area (Å²) in [5.74, 6) is -0.978. The van der Waals surface area contributed by atoms with E-state index in [0.29, 0.717) is 0 Å². The monoisotopic (exact) mass is 286 g/mol. The van der Waals surface area contributed by atoms with Crippen molar-refractivity contribution in [2.45, 2.75) is 31.7 Å². The third-order valence-corrected chi connectivity index (χ3v) is 3.12. The topological polar surface area (TPSA) is 52.9 Å². The predicted octanol–water partition coefficient (Wildman–Crippen LogP) is 2.55. The van der Waals surface area contributed by atoms with Gasteiger partial charge in [0.25, 0.3) is 11.6 Å². The Hall–Kier alpha value is -1.89. The van der Waals surface area contributed by atoms with Crippen LogP contribution in [-0.4, -0.2) is 33.6 Å². The molecule has 1 atom stereocenters. The van der Waals surface area contributed by atoms with Crippen molar-refractivity contribution in [3.8, 4) is 0 Å². The van der Waals surface area contributed by atoms with Gasteiger partial charge in [0, 0.05) is 17.7 Å². The number of hydrazone groups is 1. The van der Waals surface area contributed by atoms with Gasteiger partial charge in [-0.05, 0) is 18.6 Å². The standard InChI is InChI=1S/C13H13F3N2O2/c1-2-10-8-12(20,13(14,15)16)18(17-10)11(19)9-6-4-3-5-7-9/h3-7,20H,2,8H2,1H3/t12-/m1/s1. The van der Waals surface area contributed by atoms with Gasteiger partial charge < -0.3 is 5.11 Å². The van der Waals surface area contributed by atoms with Gasteiger partial charge in [0.15, 0.2) is 0 Å². The van der Waals surface area contributed by atoms with Crippen LogP contribution in [0.1, 0.15) is 30.1 Å². The van der Waals surface area contributed by atoms with Crippen LogP contribution in [-0.2, 0) is 0 Å². The Balaban J connectivity index is 2.41. The van der Waals surface area contributed by atoms with Crippen LogP contribution in [0.3, 0.4) is 0 Å². The molecule has 0 aliphatic carbocycles. The first kappa shape index (κ1) is 14.5. The molecule has 0 saturated heterocycles. The summed E-state index contributed by atoms with van der Waals surface area (Å²) >= 11 is 0. The van der Waals surface area contributed by atoms with E-state index in [1.54, 1.807) is 13.0 Å². The van der Waals surface area contributed by atoms with E-state index in [1.165, 1.54) is 24.3 Å². The maximum Gasteiger partial charge on any atom is 0.438 e. The van der Waals surface area contributed by atoms with Crippen LogP contribution >= 0.6 is 0 Å². The summed E-state index contributed by atoms with van der Waals surface area (Å²) in [5.41, 5.74) is -3.10. The highest BCUT2D eigenvalue weighted by atomic mass is 19.4. The van der Waals surface area contributed by atoms with E-state index in [-0.39, 0.29) is 22.7 Å². The molecule has 0 radical (unpaired) electrons. The van der Waals surface area contributed by atoms with E-state index in [9.17, 15) is 23.1 Å². The summed E-state index contributed by atoms with van der Waals surface area (Å²) in [4.78, 5) is 12.1. The van der Waals surface area contributed by atoms with Crippen molar-refractivity contribution in [1.29, 1.82) is 0 Å². The van der Waals surface area contributed by atoms with Gasteiger partial charge in [-0.2, -0.15) is 23.3 Å². The second-order valence-corrected chi connectivity index (χ2v) is 4.49. The Labute approximate surface area is 113 Å². The number of carbonyl (C=O) groups is 1. The molecular weight excluding hydrogens is 273 g/mol. The average Bonchev–Trinajstić information content (AvgIpc) is 2.77. The van der Waals surface area contributed by atoms with Crippen molar-refractivity contribution < 1.29 is 23.1 Å². The highest BCUT2D eigenvalue weighted by Gasteiger charge is 2.63. The molecule has 4 nitrogen and oxygen atoms in total. The summed E-state index contributed by atoms with van der Waals surface area (Å²) in [6.45, 7) is 1.62. The van der Waals surface area contributed by atoms with Crippen LogP contribution in [0.4, 0.5) is 13.2 Å². The van der Waals surface area contributed by atoms with Crippen LogP contribution in [0.15, 0.2) is 35.4 Å². The van der Waals surface area contributed by atoms with Crippen molar-refractivity contribution in [3.05, 3.63) is 35.9 Å². The molecule has 1 amide bonds. The van der Waals surface area contributed by atoms with Gasteiger partial charge in [0.1, 0.15) is 0 Å². The molecule has 0 unspecified atom stereocenters. The minimum absolute atomic E-state index is 0.0382. The molecule has 0 aromatic heterocycles. The van der Waals surface area contributed by atoms with Crippen molar-refractivity contribution in [2.24, 2.45) is 5.10 Å². The molecule has 20 heavy (non-hydrogen) atoms. The van der Waals surface area contributed by atoms with Crippen LogP contribution in [0.5, 0.6) is 0 Å². The van der Waals surface area contributed by atoms with Gasteiger partial charge in [0.05, 0.1) is 0 Å². The van der Waals surface area contributed by atoms with Crippen LogP contribution in [0, 0.1) is 0 Å². The third kappa shape index (κ3) is 2.29. The maximum absolute atomic E-state index is 13.1. The quantitative estimate of drug-likeness (QED) is 0.908. The molecule has 1 N–H and O–H groups in total. The molecule has 1 aliphatic heterocycles. The number of hydrogen-bond acceptors (Lipinski definition) is 3. The zero-order valence-electron chi connectivity index (χ0n) is 10.7. The van der Waals surface area contributed by atoms with Gasteiger partial charge >= 0.3 is 6.18 Å². The molecule has 1 heterocycles. The molecule has 0 fully saturated rings. The molecule has 0 spiro atoms. The minimum Gasteiger partial charge on any atom is -0.362 e. The number of halogens is 3. The summed E-state index contributed by atoms with van der Waals surface area (Å²) in [6, 6.07) is 7.44. The largest absolute Gasteiger partial charge is 0.438 e. The number of rotatable bonds is 2. The van der Waals surface area contributed by atoms with Crippen molar-refractivity contribution >= 4 is 11.6 Å². The Morgan fingerprint density at radius 3 is 2.50 bits per heavy atom. The zero-order chi connectivity index (χ0) is 15.0. The van der Waals surface area contributed by atoms with E-state index in [1.807, 2.05) is 0 Å². The van der Waals surface area contributed by atoms with Gasteiger partial charge in [-0.3, -0.25) is 4.79 Å². The zero-order valence-corrected chi connectivity index (χ0v) is 10.7. The van der Waals surface area contributed by atoms with Gasteiger partial charge in [0.2, 0.25) is 0 Å². The van der Waals surface area contributed by atoms with Gasteiger partial charge in [-0.25, -0.2) is 0 Å². The van der Waals surface area contributed by atoms with E-state index in [2.05, 4.69) is 5.10 Å². The third-order valence-electron chi connectivity index (χ3n) is 3.12. The fraction of sp³-hybridized carbons (Fsp3) is 0.385.